The quantitative estimate of drug-likeness (QED) is 0.705. The first-order chi connectivity index (χ1) is 9.13. The third-order valence-electron chi connectivity index (χ3n) is 2.44. The van der Waals surface area contributed by atoms with E-state index in [1.54, 1.807) is 13.2 Å². The summed E-state index contributed by atoms with van der Waals surface area (Å²) in [5.41, 5.74) is 0.673. The van der Waals surface area contributed by atoms with Crippen molar-refractivity contribution in [1.29, 1.82) is 0 Å². The van der Waals surface area contributed by atoms with Gasteiger partial charge in [-0.15, -0.1) is 0 Å². The number of hydrogen-bond donors (Lipinski definition) is 3. The summed E-state index contributed by atoms with van der Waals surface area (Å²) in [6.07, 6.45) is 2.20. The highest BCUT2D eigenvalue weighted by Crippen LogP contribution is 2.23. The molecule has 0 aliphatic rings. The summed E-state index contributed by atoms with van der Waals surface area (Å²) in [5, 5.41) is 9.51. The van der Waals surface area contributed by atoms with Crippen LogP contribution in [0.2, 0.25) is 0 Å². The van der Waals surface area contributed by atoms with Crippen molar-refractivity contribution in [3.05, 3.63) is 12.3 Å². The minimum Gasteiger partial charge on any atom is -0.373 e. The molecule has 0 spiro atoms. The number of nitrogens with zero attached hydrogens (tertiary/aromatic N) is 3. The Bertz CT molecular complexity index is 598. The molecule has 19 heavy (non-hydrogen) atoms. The van der Waals surface area contributed by atoms with Crippen LogP contribution in [0.4, 0.5) is 17.6 Å². The van der Waals surface area contributed by atoms with Gasteiger partial charge in [-0.3, -0.25) is 10.1 Å². The van der Waals surface area contributed by atoms with E-state index in [-0.39, 0.29) is 12.0 Å². The molecule has 2 rings (SSSR count). The smallest absolute Gasteiger partial charge is 0.229 e. The van der Waals surface area contributed by atoms with Gasteiger partial charge in [0.15, 0.2) is 5.82 Å². The van der Waals surface area contributed by atoms with E-state index in [0.717, 1.165) is 11.2 Å². The average molecular weight is 260 g/mol. The van der Waals surface area contributed by atoms with Crippen LogP contribution in [0.3, 0.4) is 0 Å². The van der Waals surface area contributed by atoms with Crippen molar-refractivity contribution in [2.45, 2.75) is 19.9 Å². The Morgan fingerprint density at radius 3 is 2.74 bits per heavy atom. The minimum absolute atomic E-state index is 0.222. The van der Waals surface area contributed by atoms with Gasteiger partial charge < -0.3 is 10.6 Å². The summed E-state index contributed by atoms with van der Waals surface area (Å²) < 4.78 is 0. The zero-order valence-electron chi connectivity index (χ0n) is 11.1. The number of anilines is 3. The van der Waals surface area contributed by atoms with Gasteiger partial charge in [0.1, 0.15) is 11.3 Å². The highest BCUT2D eigenvalue weighted by molar-refractivity contribution is 5.91. The average Bonchev–Trinajstić information content (AvgIpc) is 2.38. The summed E-state index contributed by atoms with van der Waals surface area (Å²) in [5.74, 6) is 1.65. The van der Waals surface area contributed by atoms with Crippen LogP contribution in [0.25, 0.3) is 10.9 Å². The fourth-order valence-corrected chi connectivity index (χ4v) is 1.66. The Morgan fingerprint density at radius 2 is 2.11 bits per heavy atom. The van der Waals surface area contributed by atoms with Crippen molar-refractivity contribution in [3.8, 4) is 0 Å². The lowest BCUT2D eigenvalue weighted by atomic mass is 10.2. The number of aromatic nitrogens is 3. The molecule has 7 heteroatoms. The SMILES string of the molecule is CNc1cc2cnc(NC=O)nc2c(NC(C)C)n1. The van der Waals surface area contributed by atoms with Crippen LogP contribution in [0.5, 0.6) is 0 Å². The van der Waals surface area contributed by atoms with Crippen molar-refractivity contribution in [2.24, 2.45) is 0 Å². The summed E-state index contributed by atoms with van der Waals surface area (Å²) in [4.78, 5) is 23.2. The molecule has 0 aliphatic carbocycles. The lowest BCUT2D eigenvalue weighted by Crippen LogP contribution is -2.13. The second kappa shape index (κ2) is 5.47. The Morgan fingerprint density at radius 1 is 1.32 bits per heavy atom. The first-order valence-electron chi connectivity index (χ1n) is 5.96. The van der Waals surface area contributed by atoms with Gasteiger partial charge in [0.2, 0.25) is 12.4 Å². The number of amides is 1. The molecular weight excluding hydrogens is 244 g/mol. The van der Waals surface area contributed by atoms with Crippen molar-refractivity contribution in [1.82, 2.24) is 15.0 Å². The number of carbonyl (C=O) groups excluding carboxylic acids is 1. The van der Waals surface area contributed by atoms with E-state index in [1.807, 2.05) is 19.9 Å². The van der Waals surface area contributed by atoms with Gasteiger partial charge >= 0.3 is 0 Å². The number of carbonyl (C=O) groups is 1. The summed E-state index contributed by atoms with van der Waals surface area (Å²) in [7, 11) is 1.80. The van der Waals surface area contributed by atoms with E-state index in [2.05, 4.69) is 30.9 Å². The molecule has 3 N–H and O–H groups in total. The summed E-state index contributed by atoms with van der Waals surface area (Å²) in [6, 6.07) is 2.08. The second-order valence-corrected chi connectivity index (χ2v) is 4.30. The fourth-order valence-electron chi connectivity index (χ4n) is 1.66. The van der Waals surface area contributed by atoms with E-state index >= 15 is 0 Å². The molecule has 0 aliphatic heterocycles. The molecule has 0 aromatic carbocycles. The van der Waals surface area contributed by atoms with E-state index < -0.39 is 0 Å². The van der Waals surface area contributed by atoms with Crippen LogP contribution in [0, 0.1) is 0 Å². The lowest BCUT2D eigenvalue weighted by molar-refractivity contribution is -0.105. The van der Waals surface area contributed by atoms with Gasteiger partial charge in [-0.1, -0.05) is 0 Å². The van der Waals surface area contributed by atoms with Gasteiger partial charge in [0.05, 0.1) is 0 Å². The number of nitrogens with one attached hydrogen (secondary N) is 3. The molecule has 0 atom stereocenters. The van der Waals surface area contributed by atoms with Crippen LogP contribution in [-0.2, 0) is 4.79 Å². The molecule has 7 nitrogen and oxygen atoms in total. The number of fused-ring (bicyclic) bond motifs is 1. The van der Waals surface area contributed by atoms with Crippen LogP contribution >= 0.6 is 0 Å². The molecule has 2 heterocycles. The molecule has 100 valence electrons. The van der Waals surface area contributed by atoms with Gasteiger partial charge in [-0.2, -0.15) is 0 Å². The van der Waals surface area contributed by atoms with Crippen molar-refractivity contribution >= 4 is 34.9 Å². The maximum absolute atomic E-state index is 10.4. The Balaban J connectivity index is 2.58. The molecule has 0 unspecified atom stereocenters. The molecule has 0 bridgehead atoms. The predicted octanol–water partition coefficient (Wildman–Crippen LogP) is 1.46. The zero-order chi connectivity index (χ0) is 13.8. The fraction of sp³-hybridized carbons (Fsp3) is 0.333. The molecule has 0 saturated heterocycles. The molecule has 2 aromatic heterocycles. The van der Waals surface area contributed by atoms with E-state index in [9.17, 15) is 4.79 Å². The highest BCUT2D eigenvalue weighted by atomic mass is 16.1. The largest absolute Gasteiger partial charge is 0.373 e. The maximum Gasteiger partial charge on any atom is 0.229 e. The zero-order valence-corrected chi connectivity index (χ0v) is 11.1. The maximum atomic E-state index is 10.4. The standard InChI is InChI=1S/C12H16N6O/c1-7(2)16-11-10-8(4-9(13-3)17-11)5-14-12(18-10)15-6-19/h4-7H,1-3H3,(H2,13,16,17)(H,14,15,18,19). The molecule has 2 aromatic rings. The Hall–Kier alpha value is -2.44. The van der Waals surface area contributed by atoms with Crippen molar-refractivity contribution < 1.29 is 4.79 Å². The Labute approximate surface area is 110 Å². The van der Waals surface area contributed by atoms with Crippen LogP contribution < -0.4 is 16.0 Å². The topological polar surface area (TPSA) is 91.8 Å². The van der Waals surface area contributed by atoms with Crippen LogP contribution in [-0.4, -0.2) is 34.5 Å². The summed E-state index contributed by atoms with van der Waals surface area (Å²) >= 11 is 0. The third kappa shape index (κ3) is 2.87. The summed E-state index contributed by atoms with van der Waals surface area (Å²) in [6.45, 7) is 4.04. The number of rotatable bonds is 5. The van der Waals surface area contributed by atoms with Crippen molar-refractivity contribution in [2.75, 3.05) is 23.0 Å². The lowest BCUT2D eigenvalue weighted by Gasteiger charge is -2.13. The highest BCUT2D eigenvalue weighted by Gasteiger charge is 2.09. The van der Waals surface area contributed by atoms with Crippen molar-refractivity contribution in [3.63, 3.8) is 0 Å². The monoisotopic (exact) mass is 260 g/mol. The van der Waals surface area contributed by atoms with Crippen LogP contribution in [0.15, 0.2) is 12.3 Å². The molecular formula is C12H16N6O. The molecule has 1 amide bonds. The van der Waals surface area contributed by atoms with Gasteiger partial charge in [-0.25, -0.2) is 15.0 Å². The minimum atomic E-state index is 0.222. The Kier molecular flexibility index (Phi) is 3.74. The normalized spacial score (nSPS) is 10.5. The van der Waals surface area contributed by atoms with E-state index in [1.165, 1.54) is 0 Å². The molecule has 0 fully saturated rings. The first-order valence-corrected chi connectivity index (χ1v) is 5.96. The second-order valence-electron chi connectivity index (χ2n) is 4.30. The third-order valence-corrected chi connectivity index (χ3v) is 2.44. The number of hydrogen-bond acceptors (Lipinski definition) is 6. The van der Waals surface area contributed by atoms with Gasteiger partial charge in [-0.05, 0) is 19.9 Å². The van der Waals surface area contributed by atoms with Gasteiger partial charge in [0.25, 0.3) is 0 Å². The first kappa shape index (κ1) is 13.0. The van der Waals surface area contributed by atoms with Gasteiger partial charge in [0, 0.05) is 24.7 Å². The number of pyridine rings is 1. The van der Waals surface area contributed by atoms with E-state index in [0.29, 0.717) is 17.7 Å². The van der Waals surface area contributed by atoms with Crippen LogP contribution in [0.1, 0.15) is 13.8 Å². The molecule has 0 radical (unpaired) electrons. The molecule has 0 saturated carbocycles. The van der Waals surface area contributed by atoms with E-state index in [4.69, 9.17) is 0 Å². The predicted molar refractivity (Wildman–Crippen MR) is 75.3 cm³/mol.